The summed E-state index contributed by atoms with van der Waals surface area (Å²) in [6, 6.07) is 2.12. The summed E-state index contributed by atoms with van der Waals surface area (Å²) in [5, 5.41) is 27.7. The highest BCUT2D eigenvalue weighted by atomic mass is 19.2. The molecule has 0 aliphatic carbocycles. The summed E-state index contributed by atoms with van der Waals surface area (Å²) in [5.74, 6) is -2.03. The Balaban J connectivity index is 3.00. The standard InChI is InChI=1S/C11H14F2O3/c1-6-7(2-3-8(12)10(6)13)11(16)9(15)4-5-14/h2-3,9,11,14-16H,4-5H2,1H3. The third-order valence-corrected chi connectivity index (χ3v) is 2.49. The highest BCUT2D eigenvalue weighted by Gasteiger charge is 2.22. The van der Waals surface area contributed by atoms with Gasteiger partial charge in [0, 0.05) is 6.61 Å². The molecule has 0 aromatic heterocycles. The van der Waals surface area contributed by atoms with Crippen molar-refractivity contribution in [3.8, 4) is 0 Å². The molecule has 3 N–H and O–H groups in total. The van der Waals surface area contributed by atoms with Gasteiger partial charge in [-0.1, -0.05) is 6.07 Å². The van der Waals surface area contributed by atoms with E-state index in [9.17, 15) is 19.0 Å². The van der Waals surface area contributed by atoms with Crippen LogP contribution in [0, 0.1) is 18.6 Å². The molecule has 0 spiro atoms. The van der Waals surface area contributed by atoms with Crippen LogP contribution in [0.3, 0.4) is 0 Å². The van der Waals surface area contributed by atoms with Crippen LogP contribution >= 0.6 is 0 Å². The lowest BCUT2D eigenvalue weighted by molar-refractivity contribution is 0.00366. The number of hydrogen-bond donors (Lipinski definition) is 3. The molecule has 0 fully saturated rings. The number of benzene rings is 1. The molecular weight excluding hydrogens is 218 g/mol. The molecule has 1 aromatic carbocycles. The molecule has 0 heterocycles. The summed E-state index contributed by atoms with van der Waals surface area (Å²) in [7, 11) is 0. The maximum absolute atomic E-state index is 13.2. The largest absolute Gasteiger partial charge is 0.396 e. The Labute approximate surface area is 92.0 Å². The fraction of sp³-hybridized carbons (Fsp3) is 0.455. The summed E-state index contributed by atoms with van der Waals surface area (Å²) in [6.07, 6.45) is -2.56. The molecule has 1 rings (SSSR count). The molecule has 0 bridgehead atoms. The van der Waals surface area contributed by atoms with Gasteiger partial charge in [0.2, 0.25) is 0 Å². The molecule has 16 heavy (non-hydrogen) atoms. The van der Waals surface area contributed by atoms with E-state index in [0.29, 0.717) is 0 Å². The Morgan fingerprint density at radius 3 is 2.44 bits per heavy atom. The van der Waals surface area contributed by atoms with E-state index in [2.05, 4.69) is 0 Å². The van der Waals surface area contributed by atoms with Crippen molar-refractivity contribution in [1.29, 1.82) is 0 Å². The van der Waals surface area contributed by atoms with Crippen LogP contribution < -0.4 is 0 Å². The second-order valence-electron chi connectivity index (χ2n) is 3.60. The normalized spacial score (nSPS) is 14.9. The molecule has 0 amide bonds. The number of aliphatic hydroxyl groups excluding tert-OH is 3. The van der Waals surface area contributed by atoms with Crippen LogP contribution in [0.4, 0.5) is 8.78 Å². The van der Waals surface area contributed by atoms with Gasteiger partial charge < -0.3 is 15.3 Å². The molecular formula is C11H14F2O3. The van der Waals surface area contributed by atoms with E-state index < -0.39 is 23.8 Å². The first kappa shape index (κ1) is 13.0. The third-order valence-electron chi connectivity index (χ3n) is 2.49. The number of rotatable bonds is 4. The average Bonchev–Trinajstić information content (AvgIpc) is 2.26. The highest BCUT2D eigenvalue weighted by Crippen LogP contribution is 2.25. The molecule has 5 heteroatoms. The van der Waals surface area contributed by atoms with Crippen molar-refractivity contribution in [3.05, 3.63) is 34.9 Å². The van der Waals surface area contributed by atoms with Gasteiger partial charge in [-0.2, -0.15) is 0 Å². The number of hydrogen-bond acceptors (Lipinski definition) is 3. The van der Waals surface area contributed by atoms with Crippen LogP contribution in [0.1, 0.15) is 23.7 Å². The molecule has 0 aliphatic heterocycles. The first-order valence-electron chi connectivity index (χ1n) is 4.90. The van der Waals surface area contributed by atoms with Crippen LogP contribution in [0.5, 0.6) is 0 Å². The average molecular weight is 232 g/mol. The lowest BCUT2D eigenvalue weighted by Gasteiger charge is -2.19. The molecule has 3 nitrogen and oxygen atoms in total. The van der Waals surface area contributed by atoms with Gasteiger partial charge in [-0.3, -0.25) is 0 Å². The zero-order valence-corrected chi connectivity index (χ0v) is 8.82. The molecule has 2 atom stereocenters. The minimum absolute atomic E-state index is 0.0282. The fourth-order valence-electron chi connectivity index (χ4n) is 1.48. The van der Waals surface area contributed by atoms with Crippen molar-refractivity contribution >= 4 is 0 Å². The molecule has 0 aliphatic rings. The van der Waals surface area contributed by atoms with Crippen molar-refractivity contribution in [2.45, 2.75) is 25.6 Å². The maximum Gasteiger partial charge on any atom is 0.162 e. The predicted molar refractivity (Wildman–Crippen MR) is 53.8 cm³/mol. The van der Waals surface area contributed by atoms with Gasteiger partial charge in [-0.25, -0.2) is 8.78 Å². The fourth-order valence-corrected chi connectivity index (χ4v) is 1.48. The summed E-state index contributed by atoms with van der Waals surface area (Å²) in [4.78, 5) is 0. The molecule has 90 valence electrons. The van der Waals surface area contributed by atoms with Crippen molar-refractivity contribution in [2.24, 2.45) is 0 Å². The van der Waals surface area contributed by atoms with Gasteiger partial charge >= 0.3 is 0 Å². The summed E-state index contributed by atoms with van der Waals surface area (Å²) < 4.78 is 26.0. The second kappa shape index (κ2) is 5.34. The lowest BCUT2D eigenvalue weighted by atomic mass is 9.97. The Hall–Kier alpha value is -1.04. The first-order valence-corrected chi connectivity index (χ1v) is 4.90. The van der Waals surface area contributed by atoms with E-state index in [4.69, 9.17) is 5.11 Å². The highest BCUT2D eigenvalue weighted by molar-refractivity contribution is 5.30. The quantitative estimate of drug-likeness (QED) is 0.727. The number of aliphatic hydroxyl groups is 3. The van der Waals surface area contributed by atoms with Gasteiger partial charge in [-0.05, 0) is 30.5 Å². The Bertz CT molecular complexity index is 368. The van der Waals surface area contributed by atoms with Crippen LogP contribution in [0.15, 0.2) is 12.1 Å². The third kappa shape index (κ3) is 2.55. The van der Waals surface area contributed by atoms with Gasteiger partial charge in [0.05, 0.1) is 6.10 Å². The zero-order chi connectivity index (χ0) is 12.3. The molecule has 0 saturated carbocycles. The van der Waals surface area contributed by atoms with Crippen LogP contribution in [-0.4, -0.2) is 28.0 Å². The molecule has 0 saturated heterocycles. The minimum atomic E-state index is -1.33. The van der Waals surface area contributed by atoms with Crippen molar-refractivity contribution in [3.63, 3.8) is 0 Å². The van der Waals surface area contributed by atoms with Crippen LogP contribution in [-0.2, 0) is 0 Å². The summed E-state index contributed by atoms with van der Waals surface area (Å²) in [6.45, 7) is 1.03. The lowest BCUT2D eigenvalue weighted by Crippen LogP contribution is -2.20. The predicted octanol–water partition coefficient (Wildman–Crippen LogP) is 1.05. The summed E-state index contributed by atoms with van der Waals surface area (Å²) in [5.41, 5.74) is 0.0874. The van der Waals surface area contributed by atoms with Crippen molar-refractivity contribution in [1.82, 2.24) is 0 Å². The minimum Gasteiger partial charge on any atom is -0.396 e. The van der Waals surface area contributed by atoms with Gasteiger partial charge in [0.25, 0.3) is 0 Å². The van der Waals surface area contributed by atoms with E-state index in [0.717, 1.165) is 6.07 Å². The zero-order valence-electron chi connectivity index (χ0n) is 8.82. The first-order chi connectivity index (χ1) is 7.49. The topological polar surface area (TPSA) is 60.7 Å². The maximum atomic E-state index is 13.2. The second-order valence-corrected chi connectivity index (χ2v) is 3.60. The molecule has 2 unspecified atom stereocenters. The van der Waals surface area contributed by atoms with Crippen molar-refractivity contribution < 1.29 is 24.1 Å². The van der Waals surface area contributed by atoms with Gasteiger partial charge in [-0.15, -0.1) is 0 Å². The molecule has 1 aromatic rings. The van der Waals surface area contributed by atoms with Gasteiger partial charge in [0.1, 0.15) is 6.10 Å². The Kier molecular flexibility index (Phi) is 4.35. The van der Waals surface area contributed by atoms with Crippen LogP contribution in [0.25, 0.3) is 0 Å². The SMILES string of the molecule is Cc1c(C(O)C(O)CCO)ccc(F)c1F. The van der Waals surface area contributed by atoms with E-state index in [1.165, 1.54) is 13.0 Å². The van der Waals surface area contributed by atoms with Crippen molar-refractivity contribution in [2.75, 3.05) is 6.61 Å². The Morgan fingerprint density at radius 2 is 1.88 bits per heavy atom. The van der Waals surface area contributed by atoms with Crippen LogP contribution in [0.2, 0.25) is 0 Å². The van der Waals surface area contributed by atoms with E-state index in [1.807, 2.05) is 0 Å². The van der Waals surface area contributed by atoms with E-state index in [1.54, 1.807) is 0 Å². The number of halogens is 2. The molecule has 0 radical (unpaired) electrons. The smallest absolute Gasteiger partial charge is 0.162 e. The monoisotopic (exact) mass is 232 g/mol. The Morgan fingerprint density at radius 1 is 1.25 bits per heavy atom. The van der Waals surface area contributed by atoms with Gasteiger partial charge in [0.15, 0.2) is 11.6 Å². The van der Waals surface area contributed by atoms with E-state index >= 15 is 0 Å². The van der Waals surface area contributed by atoms with E-state index in [-0.39, 0.29) is 24.2 Å². The summed E-state index contributed by atoms with van der Waals surface area (Å²) >= 11 is 0.